The second-order valence-corrected chi connectivity index (χ2v) is 4.40. The van der Waals surface area contributed by atoms with Crippen molar-refractivity contribution in [2.24, 2.45) is 0 Å². The minimum Gasteiger partial charge on any atom is -0.398 e. The molecule has 0 saturated carbocycles. The first-order valence-electron chi connectivity index (χ1n) is 6.16. The molecule has 0 aromatic heterocycles. The molecule has 5 nitrogen and oxygen atoms in total. The third kappa shape index (κ3) is 2.92. The zero-order valence-electron chi connectivity index (χ0n) is 10.6. The zero-order valence-corrected chi connectivity index (χ0v) is 10.6. The minimum atomic E-state index is -0.0958. The maximum atomic E-state index is 12.0. The van der Waals surface area contributed by atoms with Gasteiger partial charge < -0.3 is 20.7 Å². The first kappa shape index (κ1) is 12.7. The molecular formula is C13H19N3O2. The van der Waals surface area contributed by atoms with Crippen LogP contribution in [0.5, 0.6) is 0 Å². The van der Waals surface area contributed by atoms with E-state index in [-0.39, 0.29) is 12.1 Å². The largest absolute Gasteiger partial charge is 0.398 e. The molecule has 0 radical (unpaired) electrons. The minimum absolute atomic E-state index is 0.0611. The lowest BCUT2D eigenvalue weighted by Crippen LogP contribution is -2.46. The second kappa shape index (κ2) is 5.73. The lowest BCUT2D eigenvalue weighted by Gasteiger charge is -2.28. The number of rotatable bonds is 2. The number of nitrogens with one attached hydrogen (secondary N) is 1. The van der Waals surface area contributed by atoms with E-state index in [1.807, 2.05) is 31.2 Å². The predicted octanol–water partition coefficient (Wildman–Crippen LogP) is 1.37. The summed E-state index contributed by atoms with van der Waals surface area (Å²) in [4.78, 5) is 13.8. The Morgan fingerprint density at radius 3 is 2.72 bits per heavy atom. The van der Waals surface area contributed by atoms with Crippen LogP contribution in [-0.2, 0) is 4.74 Å². The van der Waals surface area contributed by atoms with Crippen molar-refractivity contribution in [2.45, 2.75) is 13.0 Å². The van der Waals surface area contributed by atoms with E-state index in [1.165, 1.54) is 0 Å². The summed E-state index contributed by atoms with van der Waals surface area (Å²) in [6.45, 7) is 4.43. The molecule has 2 rings (SSSR count). The summed E-state index contributed by atoms with van der Waals surface area (Å²) in [5.74, 6) is 0. The van der Waals surface area contributed by atoms with Crippen molar-refractivity contribution in [3.63, 3.8) is 0 Å². The van der Waals surface area contributed by atoms with Crippen LogP contribution in [0, 0.1) is 0 Å². The topological polar surface area (TPSA) is 67.6 Å². The van der Waals surface area contributed by atoms with Crippen LogP contribution in [0.1, 0.15) is 18.5 Å². The lowest BCUT2D eigenvalue weighted by atomic mass is 10.1. The van der Waals surface area contributed by atoms with E-state index in [2.05, 4.69) is 5.32 Å². The summed E-state index contributed by atoms with van der Waals surface area (Å²) < 4.78 is 5.22. The molecule has 1 atom stereocenters. The Balaban J connectivity index is 1.96. The maximum absolute atomic E-state index is 12.0. The normalized spacial score (nSPS) is 17.3. The van der Waals surface area contributed by atoms with Gasteiger partial charge in [-0.25, -0.2) is 4.79 Å². The molecule has 18 heavy (non-hydrogen) atoms. The van der Waals surface area contributed by atoms with Gasteiger partial charge in [-0.3, -0.25) is 0 Å². The van der Waals surface area contributed by atoms with Crippen LogP contribution in [0.15, 0.2) is 24.3 Å². The molecule has 1 aromatic carbocycles. The highest BCUT2D eigenvalue weighted by molar-refractivity contribution is 5.75. The van der Waals surface area contributed by atoms with Gasteiger partial charge in [0.05, 0.1) is 19.3 Å². The number of hydrogen-bond donors (Lipinski definition) is 2. The molecule has 1 heterocycles. The fourth-order valence-corrected chi connectivity index (χ4v) is 2.03. The number of nitrogens with zero attached hydrogens (tertiary/aromatic N) is 1. The average molecular weight is 249 g/mol. The van der Waals surface area contributed by atoms with Gasteiger partial charge in [0.15, 0.2) is 0 Å². The van der Waals surface area contributed by atoms with Gasteiger partial charge >= 0.3 is 6.03 Å². The SMILES string of the molecule is CC(NC(=O)N1CCOCC1)c1ccccc1N. The number of para-hydroxylation sites is 1. The smallest absolute Gasteiger partial charge is 0.318 e. The molecule has 2 amide bonds. The van der Waals surface area contributed by atoms with Crippen LogP contribution in [0.4, 0.5) is 10.5 Å². The molecule has 1 unspecified atom stereocenters. The van der Waals surface area contributed by atoms with Crippen LogP contribution >= 0.6 is 0 Å². The van der Waals surface area contributed by atoms with Crippen molar-refractivity contribution in [3.05, 3.63) is 29.8 Å². The van der Waals surface area contributed by atoms with Gasteiger partial charge in [-0.15, -0.1) is 0 Å². The number of hydrogen-bond acceptors (Lipinski definition) is 3. The lowest BCUT2D eigenvalue weighted by molar-refractivity contribution is 0.0526. The van der Waals surface area contributed by atoms with E-state index in [4.69, 9.17) is 10.5 Å². The van der Waals surface area contributed by atoms with Crippen LogP contribution in [0.25, 0.3) is 0 Å². The predicted molar refractivity (Wildman–Crippen MR) is 70.2 cm³/mol. The van der Waals surface area contributed by atoms with Crippen molar-refractivity contribution >= 4 is 11.7 Å². The summed E-state index contributed by atoms with van der Waals surface area (Å²) in [6.07, 6.45) is 0. The number of carbonyl (C=O) groups excluding carboxylic acids is 1. The van der Waals surface area contributed by atoms with Crippen LogP contribution in [0.3, 0.4) is 0 Å². The molecule has 1 aromatic rings. The van der Waals surface area contributed by atoms with Crippen molar-refractivity contribution in [1.82, 2.24) is 10.2 Å². The van der Waals surface area contributed by atoms with E-state index in [0.717, 1.165) is 5.56 Å². The highest BCUT2D eigenvalue weighted by atomic mass is 16.5. The average Bonchev–Trinajstić information content (AvgIpc) is 2.40. The Morgan fingerprint density at radius 1 is 1.39 bits per heavy atom. The van der Waals surface area contributed by atoms with E-state index >= 15 is 0 Å². The number of amides is 2. The quantitative estimate of drug-likeness (QED) is 0.778. The van der Waals surface area contributed by atoms with E-state index in [9.17, 15) is 4.79 Å². The molecule has 0 bridgehead atoms. The number of benzene rings is 1. The standard InChI is InChI=1S/C13H19N3O2/c1-10(11-4-2-3-5-12(11)14)15-13(17)16-6-8-18-9-7-16/h2-5,10H,6-9,14H2,1H3,(H,15,17). The van der Waals surface area contributed by atoms with Gasteiger partial charge in [0.2, 0.25) is 0 Å². The number of urea groups is 1. The summed E-state index contributed by atoms with van der Waals surface area (Å²) >= 11 is 0. The number of carbonyl (C=O) groups is 1. The molecule has 98 valence electrons. The van der Waals surface area contributed by atoms with Gasteiger partial charge in [-0.2, -0.15) is 0 Å². The van der Waals surface area contributed by atoms with Gasteiger partial charge in [0.25, 0.3) is 0 Å². The van der Waals surface area contributed by atoms with Crippen LogP contribution in [0.2, 0.25) is 0 Å². The second-order valence-electron chi connectivity index (χ2n) is 4.40. The fourth-order valence-electron chi connectivity index (χ4n) is 2.03. The number of nitrogen functional groups attached to an aromatic ring is 1. The molecule has 5 heteroatoms. The summed E-state index contributed by atoms with van der Waals surface area (Å²) in [6, 6.07) is 7.42. The Kier molecular flexibility index (Phi) is 4.04. The van der Waals surface area contributed by atoms with Gasteiger partial charge in [0.1, 0.15) is 0 Å². The van der Waals surface area contributed by atoms with E-state index in [0.29, 0.717) is 32.0 Å². The molecule has 3 N–H and O–H groups in total. The third-order valence-corrected chi connectivity index (χ3v) is 3.10. The van der Waals surface area contributed by atoms with Crippen LogP contribution < -0.4 is 11.1 Å². The van der Waals surface area contributed by atoms with Crippen molar-refractivity contribution in [2.75, 3.05) is 32.0 Å². The molecule has 1 fully saturated rings. The van der Waals surface area contributed by atoms with Crippen molar-refractivity contribution < 1.29 is 9.53 Å². The number of anilines is 1. The Hall–Kier alpha value is -1.75. The van der Waals surface area contributed by atoms with Gasteiger partial charge in [-0.05, 0) is 18.6 Å². The molecule has 1 saturated heterocycles. The first-order valence-corrected chi connectivity index (χ1v) is 6.16. The van der Waals surface area contributed by atoms with Gasteiger partial charge in [0, 0.05) is 18.8 Å². The Morgan fingerprint density at radius 2 is 2.06 bits per heavy atom. The highest BCUT2D eigenvalue weighted by Crippen LogP contribution is 2.19. The van der Waals surface area contributed by atoms with Gasteiger partial charge in [-0.1, -0.05) is 18.2 Å². The monoisotopic (exact) mass is 249 g/mol. The molecule has 0 spiro atoms. The number of morpholine rings is 1. The van der Waals surface area contributed by atoms with E-state index in [1.54, 1.807) is 4.90 Å². The molecular weight excluding hydrogens is 230 g/mol. The molecule has 1 aliphatic heterocycles. The molecule has 1 aliphatic rings. The maximum Gasteiger partial charge on any atom is 0.318 e. The summed E-state index contributed by atoms with van der Waals surface area (Å²) in [7, 11) is 0. The summed E-state index contributed by atoms with van der Waals surface area (Å²) in [5.41, 5.74) is 7.54. The number of ether oxygens (including phenoxy) is 1. The van der Waals surface area contributed by atoms with E-state index < -0.39 is 0 Å². The molecule has 0 aliphatic carbocycles. The Bertz CT molecular complexity index is 416. The van der Waals surface area contributed by atoms with Crippen molar-refractivity contribution in [3.8, 4) is 0 Å². The first-order chi connectivity index (χ1) is 8.68. The zero-order chi connectivity index (χ0) is 13.0. The van der Waals surface area contributed by atoms with Crippen LogP contribution in [-0.4, -0.2) is 37.2 Å². The Labute approximate surface area is 107 Å². The summed E-state index contributed by atoms with van der Waals surface area (Å²) in [5, 5.41) is 2.96. The third-order valence-electron chi connectivity index (χ3n) is 3.10. The fraction of sp³-hybridized carbons (Fsp3) is 0.462. The van der Waals surface area contributed by atoms with Crippen molar-refractivity contribution in [1.29, 1.82) is 0 Å². The number of nitrogens with two attached hydrogens (primary N) is 1. The highest BCUT2D eigenvalue weighted by Gasteiger charge is 2.19.